The number of morpholine rings is 1. The number of para-hydroxylation sites is 1. The molecule has 12 heteroatoms. The monoisotopic (exact) mass is 599 g/mol. The van der Waals surface area contributed by atoms with Crippen LogP contribution < -0.4 is 25.1 Å². The number of allylic oxidation sites excluding steroid dienone is 1. The molecule has 3 heterocycles. The lowest BCUT2D eigenvalue weighted by molar-refractivity contribution is -0.384. The molecule has 0 aliphatic carbocycles. The minimum absolute atomic E-state index is 0.101. The molecule has 1 unspecified atom stereocenters. The van der Waals surface area contributed by atoms with Gasteiger partial charge in [-0.05, 0) is 48.9 Å². The molecule has 1 atom stereocenters. The first-order chi connectivity index (χ1) is 20.8. The van der Waals surface area contributed by atoms with Crippen LogP contribution in [0.15, 0.2) is 93.9 Å². The van der Waals surface area contributed by atoms with E-state index in [0.29, 0.717) is 58.1 Å². The summed E-state index contributed by atoms with van der Waals surface area (Å²) in [6, 6.07) is 18.3. The Hall–Kier alpha value is -4.94. The Bertz CT molecular complexity index is 1930. The molecular formula is C31H26FN5O5S. The molecule has 0 spiro atoms. The number of hydrogen-bond acceptors (Lipinski definition) is 8. The van der Waals surface area contributed by atoms with Gasteiger partial charge in [0.2, 0.25) is 0 Å². The van der Waals surface area contributed by atoms with E-state index in [9.17, 15) is 24.1 Å². The zero-order valence-electron chi connectivity index (χ0n) is 23.0. The number of carbonyl (C=O) groups excluding carboxylic acids is 1. The number of amides is 1. The first-order valence-corrected chi connectivity index (χ1v) is 14.4. The van der Waals surface area contributed by atoms with Gasteiger partial charge in [0.05, 0.1) is 40.0 Å². The number of benzene rings is 3. The highest BCUT2D eigenvalue weighted by Crippen LogP contribution is 2.31. The summed E-state index contributed by atoms with van der Waals surface area (Å²) in [5.41, 5.74) is 2.51. The van der Waals surface area contributed by atoms with Crippen LogP contribution in [0.3, 0.4) is 0 Å². The van der Waals surface area contributed by atoms with Gasteiger partial charge in [0.25, 0.3) is 17.2 Å². The maximum absolute atomic E-state index is 14.1. The van der Waals surface area contributed by atoms with Crippen LogP contribution in [0.5, 0.6) is 0 Å². The molecule has 0 radical (unpaired) electrons. The average molecular weight is 600 g/mol. The molecule has 43 heavy (non-hydrogen) atoms. The van der Waals surface area contributed by atoms with Crippen molar-refractivity contribution in [3.63, 3.8) is 0 Å². The Kier molecular flexibility index (Phi) is 7.70. The highest BCUT2D eigenvalue weighted by atomic mass is 32.1. The zero-order valence-corrected chi connectivity index (χ0v) is 23.8. The molecule has 1 aromatic heterocycles. The Morgan fingerprint density at radius 3 is 2.53 bits per heavy atom. The number of nitrogens with one attached hydrogen (secondary N) is 1. The predicted octanol–water partition coefficient (Wildman–Crippen LogP) is 3.76. The van der Waals surface area contributed by atoms with Gasteiger partial charge in [-0.25, -0.2) is 9.38 Å². The Morgan fingerprint density at radius 1 is 1.12 bits per heavy atom. The number of nitro benzene ring substituents is 1. The van der Waals surface area contributed by atoms with Gasteiger partial charge in [0.15, 0.2) is 4.80 Å². The molecule has 6 rings (SSSR count). The normalized spacial score (nSPS) is 16.9. The lowest BCUT2D eigenvalue weighted by atomic mass is 9.95. The second kappa shape index (κ2) is 11.7. The number of ether oxygens (including phenoxy) is 1. The first-order valence-electron chi connectivity index (χ1n) is 13.6. The number of rotatable bonds is 6. The van der Waals surface area contributed by atoms with Gasteiger partial charge < -0.3 is 15.0 Å². The number of thiazole rings is 1. The third-order valence-electron chi connectivity index (χ3n) is 7.34. The fourth-order valence-electron chi connectivity index (χ4n) is 5.30. The number of halogens is 1. The molecule has 1 fully saturated rings. The van der Waals surface area contributed by atoms with Crippen molar-refractivity contribution >= 4 is 40.4 Å². The molecule has 218 valence electrons. The highest BCUT2D eigenvalue weighted by molar-refractivity contribution is 7.07. The van der Waals surface area contributed by atoms with Crippen LogP contribution in [0.25, 0.3) is 6.08 Å². The number of nitro groups is 1. The summed E-state index contributed by atoms with van der Waals surface area (Å²) in [4.78, 5) is 46.0. The van der Waals surface area contributed by atoms with Crippen LogP contribution in [0.2, 0.25) is 0 Å². The molecule has 4 aromatic rings. The third-order valence-corrected chi connectivity index (χ3v) is 8.33. The van der Waals surface area contributed by atoms with Gasteiger partial charge >= 0.3 is 0 Å². The van der Waals surface area contributed by atoms with Crippen molar-refractivity contribution in [3.05, 3.63) is 131 Å². The quantitative estimate of drug-likeness (QED) is 0.266. The fraction of sp³-hybridized carbons (Fsp3) is 0.194. The van der Waals surface area contributed by atoms with E-state index < -0.39 is 28.2 Å². The van der Waals surface area contributed by atoms with Crippen molar-refractivity contribution in [2.45, 2.75) is 13.0 Å². The molecular weight excluding hydrogens is 573 g/mol. The molecule has 2 aliphatic rings. The number of anilines is 2. The maximum atomic E-state index is 14.1. The van der Waals surface area contributed by atoms with Gasteiger partial charge in [-0.15, -0.1) is 0 Å². The largest absolute Gasteiger partial charge is 0.378 e. The Balaban J connectivity index is 1.51. The van der Waals surface area contributed by atoms with Gasteiger partial charge in [-0.1, -0.05) is 41.7 Å². The lowest BCUT2D eigenvalue weighted by Gasteiger charge is -2.30. The van der Waals surface area contributed by atoms with Gasteiger partial charge in [0, 0.05) is 42.2 Å². The number of hydrogen-bond donors (Lipinski definition) is 1. The van der Waals surface area contributed by atoms with E-state index in [4.69, 9.17) is 4.74 Å². The second-order valence-electron chi connectivity index (χ2n) is 10.1. The molecule has 3 aromatic carbocycles. The summed E-state index contributed by atoms with van der Waals surface area (Å²) in [6.07, 6.45) is 1.63. The van der Waals surface area contributed by atoms with Crippen molar-refractivity contribution in [2.75, 3.05) is 36.5 Å². The van der Waals surface area contributed by atoms with Crippen LogP contribution in [0, 0.1) is 15.9 Å². The van der Waals surface area contributed by atoms with Crippen LogP contribution in [-0.4, -0.2) is 41.7 Å². The lowest BCUT2D eigenvalue weighted by Crippen LogP contribution is -2.40. The van der Waals surface area contributed by atoms with Crippen LogP contribution >= 0.6 is 11.3 Å². The van der Waals surface area contributed by atoms with Crippen molar-refractivity contribution < 1.29 is 18.8 Å². The Morgan fingerprint density at radius 2 is 1.84 bits per heavy atom. The van der Waals surface area contributed by atoms with E-state index in [0.717, 1.165) is 17.0 Å². The number of carbonyl (C=O) groups is 1. The van der Waals surface area contributed by atoms with Gasteiger partial charge in [0.1, 0.15) is 5.82 Å². The smallest absolute Gasteiger partial charge is 0.271 e. The average Bonchev–Trinajstić information content (AvgIpc) is 3.31. The van der Waals surface area contributed by atoms with Crippen molar-refractivity contribution in [3.8, 4) is 0 Å². The van der Waals surface area contributed by atoms with Crippen LogP contribution in [0.1, 0.15) is 24.1 Å². The SMILES string of the molecule is CC1=C(C(=O)Nc2ccccc2)C(c2ccc(F)cc2)n2c(s/c(=C\c3cc([N+](=O)[O-])ccc3N3CCOCC3)c2=O)=N1. The van der Waals surface area contributed by atoms with Gasteiger partial charge in [-0.3, -0.25) is 24.3 Å². The van der Waals surface area contributed by atoms with E-state index in [1.54, 1.807) is 55.5 Å². The fourth-order valence-corrected chi connectivity index (χ4v) is 6.33. The van der Waals surface area contributed by atoms with E-state index in [1.165, 1.54) is 28.8 Å². The summed E-state index contributed by atoms with van der Waals surface area (Å²) in [7, 11) is 0. The number of fused-ring (bicyclic) bond motifs is 1. The first kappa shape index (κ1) is 28.2. The van der Waals surface area contributed by atoms with Crippen LogP contribution in [0.4, 0.5) is 21.5 Å². The zero-order chi connectivity index (χ0) is 30.1. The van der Waals surface area contributed by atoms with Crippen molar-refractivity contribution in [2.24, 2.45) is 4.99 Å². The standard InChI is InChI=1S/C31H26FN5O5S/c1-19-27(29(38)34-23-5-3-2-4-6-23)28(20-7-9-22(32)10-8-20)36-30(39)26(43-31(36)33-19)18-21-17-24(37(40)41)11-12-25(21)35-13-15-42-16-14-35/h2-12,17-18,28H,13-16H2,1H3,(H,34,38)/b26-18-. The number of aromatic nitrogens is 1. The molecule has 1 amide bonds. The molecule has 2 aliphatic heterocycles. The summed E-state index contributed by atoms with van der Waals surface area (Å²) < 4.78 is 21.1. The Labute approximate surface area is 248 Å². The molecule has 0 bridgehead atoms. The minimum Gasteiger partial charge on any atom is -0.378 e. The summed E-state index contributed by atoms with van der Waals surface area (Å²) >= 11 is 1.12. The van der Waals surface area contributed by atoms with E-state index in [2.05, 4.69) is 15.2 Å². The molecule has 1 N–H and O–H groups in total. The van der Waals surface area contributed by atoms with Crippen molar-refractivity contribution in [1.82, 2.24) is 4.57 Å². The maximum Gasteiger partial charge on any atom is 0.271 e. The van der Waals surface area contributed by atoms with E-state index in [1.807, 2.05) is 6.07 Å². The van der Waals surface area contributed by atoms with E-state index >= 15 is 0 Å². The van der Waals surface area contributed by atoms with Gasteiger partial charge in [-0.2, -0.15) is 0 Å². The van der Waals surface area contributed by atoms with Crippen LogP contribution in [-0.2, 0) is 9.53 Å². The predicted molar refractivity (Wildman–Crippen MR) is 161 cm³/mol. The summed E-state index contributed by atoms with van der Waals surface area (Å²) in [5, 5.41) is 14.5. The minimum atomic E-state index is -0.883. The molecule has 1 saturated heterocycles. The second-order valence-corrected chi connectivity index (χ2v) is 11.1. The van der Waals surface area contributed by atoms with E-state index in [-0.39, 0.29) is 11.3 Å². The highest BCUT2D eigenvalue weighted by Gasteiger charge is 2.32. The third kappa shape index (κ3) is 5.62. The summed E-state index contributed by atoms with van der Waals surface area (Å²) in [5.74, 6) is -0.891. The number of nitrogens with zero attached hydrogens (tertiary/aromatic N) is 4. The number of non-ortho nitro benzene ring substituents is 1. The molecule has 0 saturated carbocycles. The summed E-state index contributed by atoms with van der Waals surface area (Å²) in [6.45, 7) is 3.93. The molecule has 10 nitrogen and oxygen atoms in total. The topological polar surface area (TPSA) is 119 Å². The van der Waals surface area contributed by atoms with Crippen molar-refractivity contribution in [1.29, 1.82) is 0 Å².